The summed E-state index contributed by atoms with van der Waals surface area (Å²) in [6.07, 6.45) is 1.65. The lowest BCUT2D eigenvalue weighted by Crippen LogP contribution is -2.31. The molecular formula is C18H16FN3O3. The second kappa shape index (κ2) is 7.67. The summed E-state index contributed by atoms with van der Waals surface area (Å²) in [5, 5.41) is 3.80. The molecule has 3 rings (SSSR count). The number of carbonyl (C=O) groups excluding carboxylic acids is 1. The number of aromatic nitrogens is 2. The van der Waals surface area contributed by atoms with E-state index in [9.17, 15) is 9.18 Å². The largest absolute Gasteiger partial charge is 0.377 e. The average Bonchev–Trinajstić information content (AvgIpc) is 3.10. The summed E-state index contributed by atoms with van der Waals surface area (Å²) in [5.41, 5.74) is 1.38. The number of hydrogen-bond donors (Lipinski definition) is 0. The van der Waals surface area contributed by atoms with Gasteiger partial charge in [-0.3, -0.25) is 9.78 Å². The predicted molar refractivity (Wildman–Crippen MR) is 88.4 cm³/mol. The van der Waals surface area contributed by atoms with E-state index in [0.717, 1.165) is 0 Å². The molecule has 0 fully saturated rings. The van der Waals surface area contributed by atoms with E-state index in [4.69, 9.17) is 9.26 Å². The molecule has 2 heterocycles. The van der Waals surface area contributed by atoms with Crippen LogP contribution >= 0.6 is 0 Å². The smallest absolute Gasteiger partial charge is 0.280 e. The lowest BCUT2D eigenvalue weighted by molar-refractivity contribution is 0.0975. The summed E-state index contributed by atoms with van der Waals surface area (Å²) in [6, 6.07) is 12.6. The molecule has 7 heteroatoms. The van der Waals surface area contributed by atoms with Crippen molar-refractivity contribution >= 4 is 11.6 Å². The van der Waals surface area contributed by atoms with Crippen LogP contribution in [0.25, 0.3) is 0 Å². The van der Waals surface area contributed by atoms with Gasteiger partial charge in [0.15, 0.2) is 11.5 Å². The first kappa shape index (κ1) is 16.8. The third kappa shape index (κ3) is 4.07. The molecule has 3 aromatic rings. The molecule has 0 aliphatic carbocycles. The highest BCUT2D eigenvalue weighted by Crippen LogP contribution is 2.20. The topological polar surface area (TPSA) is 68.5 Å². The quantitative estimate of drug-likeness (QED) is 0.689. The van der Waals surface area contributed by atoms with Crippen molar-refractivity contribution in [2.45, 2.75) is 13.2 Å². The van der Waals surface area contributed by atoms with Crippen LogP contribution in [0.2, 0.25) is 0 Å². The maximum atomic E-state index is 13.2. The molecular weight excluding hydrogens is 325 g/mol. The van der Waals surface area contributed by atoms with E-state index in [1.165, 1.54) is 42.3 Å². The molecule has 0 aliphatic heterocycles. The van der Waals surface area contributed by atoms with Crippen molar-refractivity contribution in [2.75, 3.05) is 12.0 Å². The number of methoxy groups -OCH3 is 1. The van der Waals surface area contributed by atoms with Crippen LogP contribution in [0.4, 0.5) is 10.1 Å². The van der Waals surface area contributed by atoms with Gasteiger partial charge in [0.2, 0.25) is 0 Å². The van der Waals surface area contributed by atoms with E-state index in [1.807, 2.05) is 12.1 Å². The van der Waals surface area contributed by atoms with Crippen LogP contribution in [-0.2, 0) is 17.9 Å². The summed E-state index contributed by atoms with van der Waals surface area (Å²) < 4.78 is 23.3. The van der Waals surface area contributed by atoms with Gasteiger partial charge in [0.25, 0.3) is 5.91 Å². The highest BCUT2D eigenvalue weighted by Gasteiger charge is 2.22. The Morgan fingerprint density at radius 3 is 2.72 bits per heavy atom. The fourth-order valence-corrected chi connectivity index (χ4v) is 2.32. The Morgan fingerprint density at radius 1 is 1.24 bits per heavy atom. The summed E-state index contributed by atoms with van der Waals surface area (Å²) in [6.45, 7) is 0.439. The molecule has 0 saturated carbocycles. The molecule has 1 aromatic carbocycles. The number of ether oxygens (including phenoxy) is 1. The lowest BCUT2D eigenvalue weighted by Gasteiger charge is -2.21. The van der Waals surface area contributed by atoms with Crippen molar-refractivity contribution < 1.29 is 18.4 Å². The number of carbonyl (C=O) groups is 1. The molecule has 0 spiro atoms. The van der Waals surface area contributed by atoms with Crippen molar-refractivity contribution in [3.8, 4) is 0 Å². The monoisotopic (exact) mass is 341 g/mol. The van der Waals surface area contributed by atoms with Gasteiger partial charge in [-0.25, -0.2) is 4.39 Å². The molecule has 128 valence electrons. The second-order valence-corrected chi connectivity index (χ2v) is 5.30. The first-order valence-electron chi connectivity index (χ1n) is 7.59. The first-order chi connectivity index (χ1) is 12.2. The number of pyridine rings is 1. The van der Waals surface area contributed by atoms with Gasteiger partial charge in [-0.15, -0.1) is 0 Å². The minimum absolute atomic E-state index is 0.146. The molecule has 0 N–H and O–H groups in total. The number of nitrogens with zero attached hydrogens (tertiary/aromatic N) is 3. The van der Waals surface area contributed by atoms with Gasteiger partial charge in [-0.2, -0.15) is 0 Å². The van der Waals surface area contributed by atoms with E-state index < -0.39 is 0 Å². The zero-order chi connectivity index (χ0) is 17.6. The minimum Gasteiger partial charge on any atom is -0.377 e. The average molecular weight is 341 g/mol. The van der Waals surface area contributed by atoms with Gasteiger partial charge in [-0.05, 0) is 36.4 Å². The maximum absolute atomic E-state index is 13.2. The summed E-state index contributed by atoms with van der Waals surface area (Å²) in [5.74, 6) is -0.302. The first-order valence-corrected chi connectivity index (χ1v) is 7.59. The van der Waals surface area contributed by atoms with Crippen molar-refractivity contribution in [1.82, 2.24) is 10.1 Å². The second-order valence-electron chi connectivity index (χ2n) is 5.30. The number of rotatable bonds is 6. The summed E-state index contributed by atoms with van der Waals surface area (Å²) in [7, 11) is 1.52. The molecule has 0 aliphatic rings. The zero-order valence-corrected chi connectivity index (χ0v) is 13.6. The third-order valence-electron chi connectivity index (χ3n) is 3.49. The van der Waals surface area contributed by atoms with Gasteiger partial charge in [-0.1, -0.05) is 11.2 Å². The lowest BCUT2D eigenvalue weighted by atomic mass is 10.2. The molecule has 2 aromatic heterocycles. The van der Waals surface area contributed by atoms with E-state index in [-0.39, 0.29) is 30.6 Å². The van der Waals surface area contributed by atoms with Crippen LogP contribution < -0.4 is 4.90 Å². The summed E-state index contributed by atoms with van der Waals surface area (Å²) >= 11 is 0. The number of anilines is 1. The Labute approximate surface area is 143 Å². The van der Waals surface area contributed by atoms with Crippen molar-refractivity contribution in [1.29, 1.82) is 0 Å². The van der Waals surface area contributed by atoms with Gasteiger partial charge in [0.1, 0.15) is 12.4 Å². The molecule has 0 atom stereocenters. The van der Waals surface area contributed by atoms with Gasteiger partial charge >= 0.3 is 0 Å². The SMILES string of the molecule is COCc1cc(C(=O)N(Cc2ccccn2)c2ccc(F)cc2)no1. The summed E-state index contributed by atoms with van der Waals surface area (Å²) in [4.78, 5) is 18.6. The zero-order valence-electron chi connectivity index (χ0n) is 13.6. The van der Waals surface area contributed by atoms with Crippen LogP contribution in [0.1, 0.15) is 21.9 Å². The van der Waals surface area contributed by atoms with Crippen LogP contribution in [0.15, 0.2) is 59.3 Å². The Morgan fingerprint density at radius 2 is 2.04 bits per heavy atom. The van der Waals surface area contributed by atoms with Crippen LogP contribution in [-0.4, -0.2) is 23.2 Å². The van der Waals surface area contributed by atoms with Gasteiger partial charge < -0.3 is 14.2 Å². The van der Waals surface area contributed by atoms with Gasteiger partial charge in [0.05, 0.1) is 12.2 Å². The molecule has 25 heavy (non-hydrogen) atoms. The Hall–Kier alpha value is -3.06. The van der Waals surface area contributed by atoms with Gasteiger partial charge in [0, 0.05) is 25.1 Å². The van der Waals surface area contributed by atoms with Crippen molar-refractivity contribution in [2.24, 2.45) is 0 Å². The number of hydrogen-bond acceptors (Lipinski definition) is 5. The predicted octanol–water partition coefficient (Wildman–Crippen LogP) is 3.20. The van der Waals surface area contributed by atoms with Crippen molar-refractivity contribution in [3.63, 3.8) is 0 Å². The molecule has 6 nitrogen and oxygen atoms in total. The molecule has 0 radical (unpaired) electrons. The highest BCUT2D eigenvalue weighted by molar-refractivity contribution is 6.04. The maximum Gasteiger partial charge on any atom is 0.280 e. The molecule has 0 unspecified atom stereocenters. The van der Waals surface area contributed by atoms with Crippen LogP contribution in [0.5, 0.6) is 0 Å². The molecule has 0 saturated heterocycles. The highest BCUT2D eigenvalue weighted by atomic mass is 19.1. The standard InChI is InChI=1S/C18H16FN3O3/c1-24-12-16-10-17(21-25-16)18(23)22(11-14-4-2-3-9-20-14)15-7-5-13(19)6-8-15/h2-10H,11-12H2,1H3. The van der Waals surface area contributed by atoms with E-state index in [2.05, 4.69) is 10.1 Å². The third-order valence-corrected chi connectivity index (χ3v) is 3.49. The number of halogens is 1. The number of benzene rings is 1. The Bertz CT molecular complexity index is 834. The van der Waals surface area contributed by atoms with E-state index >= 15 is 0 Å². The normalized spacial score (nSPS) is 10.6. The van der Waals surface area contributed by atoms with Crippen molar-refractivity contribution in [3.05, 3.63) is 77.7 Å². The fraction of sp³-hybridized carbons (Fsp3) is 0.167. The minimum atomic E-state index is -0.377. The molecule has 1 amide bonds. The Kier molecular flexibility index (Phi) is 5.15. The fourth-order valence-electron chi connectivity index (χ4n) is 2.32. The van der Waals surface area contributed by atoms with Crippen LogP contribution in [0.3, 0.4) is 0 Å². The Balaban J connectivity index is 1.91. The number of amides is 1. The molecule has 0 bridgehead atoms. The van der Waals surface area contributed by atoms with Crippen LogP contribution in [0, 0.1) is 5.82 Å². The van der Waals surface area contributed by atoms with E-state index in [1.54, 1.807) is 12.3 Å². The van der Waals surface area contributed by atoms with E-state index in [0.29, 0.717) is 17.1 Å².